The third-order valence-electron chi connectivity index (χ3n) is 4.93. The molecule has 0 unspecified atom stereocenters. The summed E-state index contributed by atoms with van der Waals surface area (Å²) < 4.78 is 0.935. The minimum Gasteiger partial charge on any atom is -0.352 e. The fraction of sp³-hybridized carbons (Fsp3) is 0.300. The van der Waals surface area contributed by atoms with E-state index in [0.717, 1.165) is 22.9 Å². The number of nitrogens with zero attached hydrogens (tertiary/aromatic N) is 1. The Hall–Kier alpha value is -2.34. The number of fused-ring (bicyclic) bond motifs is 1. The number of halogens is 1. The maximum Gasteiger partial charge on any atom is 0.312 e. The highest BCUT2D eigenvalue weighted by Crippen LogP contribution is 2.35. The summed E-state index contributed by atoms with van der Waals surface area (Å²) in [4.78, 5) is 26.1. The van der Waals surface area contributed by atoms with E-state index in [1.54, 1.807) is 4.90 Å². The SMILES string of the molecule is CN(C(=O)C[C@H](NC(N)=O)c1ccc(Br)cc1)[C@H]1CCc2ccccc21. The number of urea groups is 1. The first-order valence-corrected chi connectivity index (χ1v) is 9.40. The summed E-state index contributed by atoms with van der Waals surface area (Å²) in [5.41, 5.74) is 8.68. The van der Waals surface area contributed by atoms with Crippen molar-refractivity contribution >= 4 is 27.9 Å². The quantitative estimate of drug-likeness (QED) is 0.780. The molecule has 6 heteroatoms. The van der Waals surface area contributed by atoms with Crippen LogP contribution in [-0.2, 0) is 11.2 Å². The van der Waals surface area contributed by atoms with Gasteiger partial charge in [0.15, 0.2) is 0 Å². The summed E-state index contributed by atoms with van der Waals surface area (Å²) in [6, 6.07) is 14.8. The van der Waals surface area contributed by atoms with E-state index in [-0.39, 0.29) is 18.4 Å². The van der Waals surface area contributed by atoms with Gasteiger partial charge in [0.1, 0.15) is 0 Å². The van der Waals surface area contributed by atoms with Crippen LogP contribution in [0.5, 0.6) is 0 Å². The Labute approximate surface area is 161 Å². The number of hydrogen-bond donors (Lipinski definition) is 2. The van der Waals surface area contributed by atoms with Gasteiger partial charge in [-0.2, -0.15) is 0 Å². The van der Waals surface area contributed by atoms with Crippen molar-refractivity contribution in [3.05, 3.63) is 69.7 Å². The molecule has 0 radical (unpaired) electrons. The van der Waals surface area contributed by atoms with Crippen molar-refractivity contribution in [2.24, 2.45) is 5.73 Å². The molecular formula is C20H22BrN3O2. The van der Waals surface area contributed by atoms with Crippen LogP contribution in [0.4, 0.5) is 4.79 Å². The molecule has 5 nitrogen and oxygen atoms in total. The van der Waals surface area contributed by atoms with Crippen molar-refractivity contribution in [2.45, 2.75) is 31.3 Å². The molecule has 3 rings (SSSR count). The third-order valence-corrected chi connectivity index (χ3v) is 5.46. The van der Waals surface area contributed by atoms with Crippen LogP contribution in [-0.4, -0.2) is 23.9 Å². The van der Waals surface area contributed by atoms with Gasteiger partial charge >= 0.3 is 6.03 Å². The van der Waals surface area contributed by atoms with Crippen molar-refractivity contribution in [3.63, 3.8) is 0 Å². The maximum atomic E-state index is 12.9. The molecule has 0 saturated heterocycles. The van der Waals surface area contributed by atoms with Crippen molar-refractivity contribution in [2.75, 3.05) is 7.05 Å². The lowest BCUT2D eigenvalue weighted by Crippen LogP contribution is -2.38. The van der Waals surface area contributed by atoms with Gasteiger partial charge in [0.2, 0.25) is 5.91 Å². The van der Waals surface area contributed by atoms with E-state index in [2.05, 4.69) is 33.4 Å². The number of nitrogens with two attached hydrogens (primary N) is 1. The highest BCUT2D eigenvalue weighted by molar-refractivity contribution is 9.10. The van der Waals surface area contributed by atoms with Gasteiger partial charge in [-0.05, 0) is 41.7 Å². The molecule has 2 atom stereocenters. The van der Waals surface area contributed by atoms with Crippen LogP contribution in [0, 0.1) is 0 Å². The fourth-order valence-corrected chi connectivity index (χ4v) is 3.81. The van der Waals surface area contributed by atoms with Crippen molar-refractivity contribution in [3.8, 4) is 0 Å². The first kappa shape index (κ1) is 18.5. The number of hydrogen-bond acceptors (Lipinski definition) is 2. The van der Waals surface area contributed by atoms with Gasteiger partial charge in [0.05, 0.1) is 18.5 Å². The Kier molecular flexibility index (Phi) is 5.61. The molecule has 136 valence electrons. The van der Waals surface area contributed by atoms with Crippen molar-refractivity contribution in [1.82, 2.24) is 10.2 Å². The van der Waals surface area contributed by atoms with Gasteiger partial charge in [0.25, 0.3) is 0 Å². The fourth-order valence-electron chi connectivity index (χ4n) is 3.55. The Bertz CT molecular complexity index is 807. The van der Waals surface area contributed by atoms with E-state index in [4.69, 9.17) is 5.73 Å². The van der Waals surface area contributed by atoms with Crippen LogP contribution in [0.1, 0.15) is 41.6 Å². The summed E-state index contributed by atoms with van der Waals surface area (Å²) in [6.07, 6.45) is 2.07. The number of nitrogens with one attached hydrogen (secondary N) is 1. The zero-order valence-corrected chi connectivity index (χ0v) is 16.2. The van der Waals surface area contributed by atoms with E-state index in [0.29, 0.717) is 0 Å². The monoisotopic (exact) mass is 415 g/mol. The van der Waals surface area contributed by atoms with Gasteiger partial charge in [-0.25, -0.2) is 4.79 Å². The largest absolute Gasteiger partial charge is 0.352 e. The van der Waals surface area contributed by atoms with Crippen LogP contribution < -0.4 is 11.1 Å². The number of benzene rings is 2. The second-order valence-electron chi connectivity index (χ2n) is 6.57. The van der Waals surface area contributed by atoms with Crippen LogP contribution in [0.25, 0.3) is 0 Å². The second-order valence-corrected chi connectivity index (χ2v) is 7.49. The molecule has 2 aromatic carbocycles. The minimum atomic E-state index is -0.639. The first-order valence-electron chi connectivity index (χ1n) is 8.60. The summed E-state index contributed by atoms with van der Waals surface area (Å²) in [6.45, 7) is 0. The third kappa shape index (κ3) is 4.07. The van der Waals surface area contributed by atoms with Crippen LogP contribution in [0.3, 0.4) is 0 Å². The lowest BCUT2D eigenvalue weighted by molar-refractivity contribution is -0.132. The minimum absolute atomic E-state index is 0.0200. The number of primary amides is 1. The van der Waals surface area contributed by atoms with Crippen LogP contribution in [0.15, 0.2) is 53.0 Å². The predicted molar refractivity (Wildman–Crippen MR) is 104 cm³/mol. The standard InChI is InChI=1S/C20H22BrN3O2/c1-24(18-11-8-13-4-2-3-5-16(13)18)19(25)12-17(23-20(22)26)14-6-9-15(21)10-7-14/h2-7,9-10,17-18H,8,11-12H2,1H3,(H3,22,23,26)/t17-,18-/m0/s1. The number of carbonyl (C=O) groups is 2. The van der Waals surface area contributed by atoms with E-state index in [1.807, 2.05) is 43.4 Å². The second kappa shape index (κ2) is 7.91. The number of rotatable bonds is 5. The average molecular weight is 416 g/mol. The topological polar surface area (TPSA) is 75.4 Å². The summed E-state index contributed by atoms with van der Waals surface area (Å²) in [7, 11) is 1.83. The van der Waals surface area contributed by atoms with Gasteiger partial charge in [-0.3, -0.25) is 4.79 Å². The van der Waals surface area contributed by atoms with Crippen molar-refractivity contribution < 1.29 is 9.59 Å². The average Bonchev–Trinajstić information content (AvgIpc) is 3.04. The predicted octanol–water partition coefficient (Wildman–Crippen LogP) is 3.69. The molecule has 2 aromatic rings. The Balaban J connectivity index is 1.75. The van der Waals surface area contributed by atoms with Gasteiger partial charge in [-0.1, -0.05) is 52.3 Å². The lowest BCUT2D eigenvalue weighted by atomic mass is 10.0. The molecule has 0 aromatic heterocycles. The molecule has 3 N–H and O–H groups in total. The van der Waals surface area contributed by atoms with E-state index < -0.39 is 12.1 Å². The van der Waals surface area contributed by atoms with Crippen LogP contribution in [0.2, 0.25) is 0 Å². The summed E-state index contributed by atoms with van der Waals surface area (Å²) >= 11 is 3.39. The normalized spacial score (nSPS) is 16.6. The Morgan fingerprint density at radius 1 is 1.23 bits per heavy atom. The maximum absolute atomic E-state index is 12.9. The molecule has 0 saturated carbocycles. The molecule has 26 heavy (non-hydrogen) atoms. The molecule has 0 aliphatic heterocycles. The number of amides is 3. The molecule has 0 fully saturated rings. The molecule has 0 spiro atoms. The van der Waals surface area contributed by atoms with E-state index >= 15 is 0 Å². The molecule has 1 aliphatic rings. The van der Waals surface area contributed by atoms with Gasteiger partial charge in [0, 0.05) is 11.5 Å². The first-order chi connectivity index (χ1) is 12.5. The van der Waals surface area contributed by atoms with Gasteiger partial charge in [-0.15, -0.1) is 0 Å². The van der Waals surface area contributed by atoms with E-state index in [9.17, 15) is 9.59 Å². The molecule has 1 aliphatic carbocycles. The molecule has 3 amide bonds. The molecule has 0 bridgehead atoms. The van der Waals surface area contributed by atoms with E-state index in [1.165, 1.54) is 11.1 Å². The van der Waals surface area contributed by atoms with Crippen molar-refractivity contribution in [1.29, 1.82) is 0 Å². The molecule has 0 heterocycles. The Morgan fingerprint density at radius 3 is 2.62 bits per heavy atom. The lowest BCUT2D eigenvalue weighted by Gasteiger charge is -2.28. The zero-order valence-electron chi connectivity index (χ0n) is 14.6. The van der Waals surface area contributed by atoms with Gasteiger partial charge < -0.3 is 16.0 Å². The molecular weight excluding hydrogens is 394 g/mol. The number of aryl methyl sites for hydroxylation is 1. The van der Waals surface area contributed by atoms with Crippen LogP contribution >= 0.6 is 15.9 Å². The highest BCUT2D eigenvalue weighted by Gasteiger charge is 2.29. The smallest absolute Gasteiger partial charge is 0.312 e. The number of carbonyl (C=O) groups excluding carboxylic acids is 2. The Morgan fingerprint density at radius 2 is 1.92 bits per heavy atom. The summed E-state index contributed by atoms with van der Waals surface area (Å²) in [5, 5.41) is 2.69. The highest BCUT2D eigenvalue weighted by atomic mass is 79.9. The zero-order chi connectivity index (χ0) is 18.7. The summed E-state index contributed by atoms with van der Waals surface area (Å²) in [5.74, 6) is -0.0200.